The standard InChI is InChI=1S/C19H18F2/c1-2-3-13-4-6-14(7-5-13)15-8-9-18-16(10-15)11-17(20)12-19(18)21/h4-8,11-12H,2-3,9-10H2,1H3. The Balaban J connectivity index is 1.87. The minimum absolute atomic E-state index is 0.432. The van der Waals surface area contributed by atoms with Gasteiger partial charge < -0.3 is 0 Å². The van der Waals surface area contributed by atoms with E-state index in [1.807, 2.05) is 0 Å². The van der Waals surface area contributed by atoms with E-state index >= 15 is 0 Å². The molecule has 2 heteroatoms. The Kier molecular flexibility index (Phi) is 3.87. The second kappa shape index (κ2) is 5.80. The van der Waals surface area contributed by atoms with Crippen LogP contribution < -0.4 is 0 Å². The highest BCUT2D eigenvalue weighted by Gasteiger charge is 2.17. The molecule has 0 fully saturated rings. The molecule has 0 aromatic heterocycles. The Hall–Kier alpha value is -1.96. The maximum Gasteiger partial charge on any atom is 0.129 e. The fraction of sp³-hybridized carbons (Fsp3) is 0.263. The van der Waals surface area contributed by atoms with Gasteiger partial charge in [0.25, 0.3) is 0 Å². The summed E-state index contributed by atoms with van der Waals surface area (Å²) in [4.78, 5) is 0. The molecule has 0 saturated carbocycles. The first-order valence-corrected chi connectivity index (χ1v) is 7.42. The van der Waals surface area contributed by atoms with Gasteiger partial charge in [-0.3, -0.25) is 0 Å². The third-order valence-electron chi connectivity index (χ3n) is 4.05. The Bertz CT molecular complexity index is 681. The zero-order valence-corrected chi connectivity index (χ0v) is 12.1. The van der Waals surface area contributed by atoms with Crippen LogP contribution in [0.25, 0.3) is 5.57 Å². The number of benzene rings is 2. The lowest BCUT2D eigenvalue weighted by molar-refractivity contribution is 0.571. The molecule has 0 spiro atoms. The topological polar surface area (TPSA) is 0 Å². The molecule has 3 rings (SSSR count). The van der Waals surface area contributed by atoms with E-state index in [1.54, 1.807) is 0 Å². The molecule has 1 aliphatic rings. The summed E-state index contributed by atoms with van der Waals surface area (Å²) in [5.41, 5.74) is 5.02. The fourth-order valence-electron chi connectivity index (χ4n) is 2.94. The molecule has 0 radical (unpaired) electrons. The highest BCUT2D eigenvalue weighted by Crippen LogP contribution is 2.30. The van der Waals surface area contributed by atoms with Gasteiger partial charge in [-0.15, -0.1) is 0 Å². The molecule has 0 bridgehead atoms. The summed E-state index contributed by atoms with van der Waals surface area (Å²) in [5.74, 6) is -0.926. The predicted octanol–water partition coefficient (Wildman–Crippen LogP) is 5.10. The maximum atomic E-state index is 13.7. The monoisotopic (exact) mass is 284 g/mol. The normalized spacial score (nSPS) is 13.8. The second-order valence-electron chi connectivity index (χ2n) is 5.58. The minimum Gasteiger partial charge on any atom is -0.207 e. The van der Waals surface area contributed by atoms with Crippen molar-refractivity contribution >= 4 is 5.57 Å². The Morgan fingerprint density at radius 2 is 1.81 bits per heavy atom. The van der Waals surface area contributed by atoms with Crippen LogP contribution in [-0.2, 0) is 19.3 Å². The van der Waals surface area contributed by atoms with Crippen LogP contribution in [-0.4, -0.2) is 0 Å². The Morgan fingerprint density at radius 1 is 1.05 bits per heavy atom. The molecule has 0 amide bonds. The van der Waals surface area contributed by atoms with E-state index in [9.17, 15) is 8.78 Å². The number of allylic oxidation sites excluding steroid dienone is 2. The van der Waals surface area contributed by atoms with Gasteiger partial charge in [-0.25, -0.2) is 8.78 Å². The van der Waals surface area contributed by atoms with Crippen LogP contribution in [0.4, 0.5) is 8.78 Å². The van der Waals surface area contributed by atoms with Gasteiger partial charge in [-0.05, 0) is 53.2 Å². The number of fused-ring (bicyclic) bond motifs is 1. The van der Waals surface area contributed by atoms with Crippen molar-refractivity contribution in [1.29, 1.82) is 0 Å². The summed E-state index contributed by atoms with van der Waals surface area (Å²) in [6.45, 7) is 2.16. The average Bonchev–Trinajstić information content (AvgIpc) is 2.47. The molecule has 0 atom stereocenters. The van der Waals surface area contributed by atoms with Crippen LogP contribution in [0.5, 0.6) is 0 Å². The molecule has 1 aliphatic carbocycles. The molecule has 0 saturated heterocycles. The first-order valence-electron chi connectivity index (χ1n) is 7.42. The van der Waals surface area contributed by atoms with Crippen LogP contribution in [0.2, 0.25) is 0 Å². The summed E-state index contributed by atoms with van der Waals surface area (Å²) >= 11 is 0. The van der Waals surface area contributed by atoms with E-state index < -0.39 is 11.6 Å². The number of hydrogen-bond acceptors (Lipinski definition) is 0. The molecule has 2 aromatic rings. The first kappa shape index (κ1) is 14.0. The quantitative estimate of drug-likeness (QED) is 0.735. The van der Waals surface area contributed by atoms with Crippen LogP contribution in [0.3, 0.4) is 0 Å². The minimum atomic E-state index is -0.495. The highest BCUT2D eigenvalue weighted by atomic mass is 19.1. The number of halogens is 2. The van der Waals surface area contributed by atoms with Crippen LogP contribution >= 0.6 is 0 Å². The van der Waals surface area contributed by atoms with Crippen molar-refractivity contribution in [3.8, 4) is 0 Å². The predicted molar refractivity (Wildman–Crippen MR) is 82.2 cm³/mol. The average molecular weight is 284 g/mol. The molecule has 0 unspecified atom stereocenters. The van der Waals surface area contributed by atoms with E-state index in [0.29, 0.717) is 18.4 Å². The van der Waals surface area contributed by atoms with Crippen LogP contribution in [0.15, 0.2) is 42.5 Å². The largest absolute Gasteiger partial charge is 0.207 e. The molecule has 0 heterocycles. The van der Waals surface area contributed by atoms with E-state index in [4.69, 9.17) is 0 Å². The van der Waals surface area contributed by atoms with E-state index in [2.05, 4.69) is 37.3 Å². The number of aryl methyl sites for hydroxylation is 1. The second-order valence-corrected chi connectivity index (χ2v) is 5.58. The van der Waals surface area contributed by atoms with Crippen molar-refractivity contribution in [2.75, 3.05) is 0 Å². The van der Waals surface area contributed by atoms with Gasteiger partial charge in [0.1, 0.15) is 11.6 Å². The third-order valence-corrected chi connectivity index (χ3v) is 4.05. The molecule has 0 aliphatic heterocycles. The van der Waals surface area contributed by atoms with Gasteiger partial charge in [0.2, 0.25) is 0 Å². The Labute approximate surface area is 124 Å². The summed E-state index contributed by atoms with van der Waals surface area (Å²) in [7, 11) is 0. The van der Waals surface area contributed by atoms with Gasteiger partial charge in [0.15, 0.2) is 0 Å². The van der Waals surface area contributed by atoms with E-state index in [0.717, 1.165) is 35.6 Å². The van der Waals surface area contributed by atoms with Crippen molar-refractivity contribution < 1.29 is 8.78 Å². The van der Waals surface area contributed by atoms with Crippen molar-refractivity contribution in [1.82, 2.24) is 0 Å². The summed E-state index contributed by atoms with van der Waals surface area (Å²) < 4.78 is 27.1. The maximum absolute atomic E-state index is 13.7. The van der Waals surface area contributed by atoms with Crippen LogP contribution in [0.1, 0.15) is 35.6 Å². The lowest BCUT2D eigenvalue weighted by Crippen LogP contribution is -2.06. The molecule has 0 N–H and O–H groups in total. The lowest BCUT2D eigenvalue weighted by atomic mass is 9.87. The van der Waals surface area contributed by atoms with Gasteiger partial charge in [0, 0.05) is 6.07 Å². The lowest BCUT2D eigenvalue weighted by Gasteiger charge is -2.18. The van der Waals surface area contributed by atoms with Gasteiger partial charge >= 0.3 is 0 Å². The fourth-order valence-corrected chi connectivity index (χ4v) is 2.94. The SMILES string of the molecule is CCCc1ccc(C2=CCc3c(F)cc(F)cc3C2)cc1. The summed E-state index contributed by atoms with van der Waals surface area (Å²) in [6.07, 6.45) is 5.40. The Morgan fingerprint density at radius 3 is 2.52 bits per heavy atom. The third kappa shape index (κ3) is 2.90. The molecule has 108 valence electrons. The first-order chi connectivity index (χ1) is 10.2. The van der Waals surface area contributed by atoms with Gasteiger partial charge in [-0.1, -0.05) is 43.7 Å². The van der Waals surface area contributed by atoms with Gasteiger partial charge in [-0.2, -0.15) is 0 Å². The molecular formula is C19H18F2. The van der Waals surface area contributed by atoms with E-state index in [1.165, 1.54) is 11.6 Å². The molecule has 21 heavy (non-hydrogen) atoms. The molecular weight excluding hydrogens is 266 g/mol. The van der Waals surface area contributed by atoms with Crippen LogP contribution in [0, 0.1) is 11.6 Å². The van der Waals surface area contributed by atoms with Crippen molar-refractivity contribution in [3.05, 3.63) is 76.4 Å². The van der Waals surface area contributed by atoms with Gasteiger partial charge in [0.05, 0.1) is 0 Å². The van der Waals surface area contributed by atoms with E-state index in [-0.39, 0.29) is 0 Å². The number of rotatable bonds is 3. The molecule has 2 aromatic carbocycles. The number of hydrogen-bond donors (Lipinski definition) is 0. The van der Waals surface area contributed by atoms with Crippen molar-refractivity contribution in [2.45, 2.75) is 32.6 Å². The smallest absolute Gasteiger partial charge is 0.129 e. The highest BCUT2D eigenvalue weighted by molar-refractivity contribution is 5.70. The molecule has 0 nitrogen and oxygen atoms in total. The summed E-state index contributed by atoms with van der Waals surface area (Å²) in [6, 6.07) is 10.9. The van der Waals surface area contributed by atoms with Crippen molar-refractivity contribution in [3.63, 3.8) is 0 Å². The zero-order valence-electron chi connectivity index (χ0n) is 12.1. The zero-order chi connectivity index (χ0) is 14.8. The van der Waals surface area contributed by atoms with Crippen molar-refractivity contribution in [2.24, 2.45) is 0 Å². The summed E-state index contributed by atoms with van der Waals surface area (Å²) in [5, 5.41) is 0.